The first-order valence-corrected chi connectivity index (χ1v) is 4.19. The molecule has 1 N–H and O–H groups in total. The lowest BCUT2D eigenvalue weighted by Crippen LogP contribution is -1.95. The van der Waals surface area contributed by atoms with Gasteiger partial charge in [0.25, 0.3) is 0 Å². The molecule has 1 aromatic carbocycles. The molecule has 0 heterocycles. The molecule has 2 heteroatoms. The number of nitrogens with one attached hydrogen (secondary N) is 1. The van der Waals surface area contributed by atoms with E-state index in [1.807, 2.05) is 33.0 Å². The van der Waals surface area contributed by atoms with Crippen molar-refractivity contribution in [3.8, 4) is 5.75 Å². The summed E-state index contributed by atoms with van der Waals surface area (Å²) in [5.41, 5.74) is 2.29. The van der Waals surface area contributed by atoms with E-state index >= 15 is 0 Å². The molecule has 0 spiro atoms. The summed E-state index contributed by atoms with van der Waals surface area (Å²) < 4.78 is 5.41. The molecule has 0 aromatic heterocycles. The Morgan fingerprint density at radius 3 is 2.67 bits per heavy atom. The third-order valence-electron chi connectivity index (χ3n) is 1.76. The topological polar surface area (TPSA) is 21.3 Å². The van der Waals surface area contributed by atoms with Gasteiger partial charge in [0, 0.05) is 12.7 Å². The van der Waals surface area contributed by atoms with Gasteiger partial charge in [-0.3, -0.25) is 0 Å². The largest absolute Gasteiger partial charge is 0.494 e. The van der Waals surface area contributed by atoms with Crippen molar-refractivity contribution in [3.05, 3.63) is 23.8 Å². The highest BCUT2D eigenvalue weighted by atomic mass is 16.5. The van der Waals surface area contributed by atoms with Crippen molar-refractivity contribution in [2.45, 2.75) is 13.8 Å². The van der Waals surface area contributed by atoms with E-state index in [9.17, 15) is 0 Å². The Labute approximate surface area is 73.6 Å². The average molecular weight is 165 g/mol. The Bertz CT molecular complexity index is 258. The number of benzene rings is 1. The minimum absolute atomic E-state index is 0.722. The lowest BCUT2D eigenvalue weighted by Gasteiger charge is -2.08. The maximum Gasteiger partial charge on any atom is 0.122 e. The van der Waals surface area contributed by atoms with Crippen LogP contribution < -0.4 is 10.1 Å². The molecule has 1 aromatic rings. The number of ether oxygens (including phenoxy) is 1. The first-order valence-electron chi connectivity index (χ1n) is 4.19. The van der Waals surface area contributed by atoms with Crippen molar-refractivity contribution in [2.75, 3.05) is 19.0 Å². The van der Waals surface area contributed by atoms with Gasteiger partial charge in [-0.05, 0) is 37.6 Å². The molecular weight excluding hydrogens is 150 g/mol. The smallest absolute Gasteiger partial charge is 0.122 e. The zero-order chi connectivity index (χ0) is 8.97. The van der Waals surface area contributed by atoms with Gasteiger partial charge in [-0.2, -0.15) is 0 Å². The Balaban J connectivity index is 2.87. The predicted octanol–water partition coefficient (Wildman–Crippen LogP) is 2.44. The van der Waals surface area contributed by atoms with Crippen LogP contribution in [-0.4, -0.2) is 13.7 Å². The molecule has 0 aliphatic heterocycles. The van der Waals surface area contributed by atoms with Crippen LogP contribution in [0.3, 0.4) is 0 Å². The zero-order valence-electron chi connectivity index (χ0n) is 7.85. The van der Waals surface area contributed by atoms with Gasteiger partial charge >= 0.3 is 0 Å². The normalized spacial score (nSPS) is 9.58. The van der Waals surface area contributed by atoms with Crippen LogP contribution in [0, 0.1) is 6.92 Å². The van der Waals surface area contributed by atoms with Gasteiger partial charge < -0.3 is 10.1 Å². The SMILES string of the molecule is CCOc1ccc(NC)cc1C. The first kappa shape index (κ1) is 8.91. The minimum atomic E-state index is 0.722. The highest BCUT2D eigenvalue weighted by Crippen LogP contribution is 2.21. The lowest BCUT2D eigenvalue weighted by molar-refractivity contribution is 0.338. The first-order chi connectivity index (χ1) is 5.77. The van der Waals surface area contributed by atoms with E-state index < -0.39 is 0 Å². The van der Waals surface area contributed by atoms with Gasteiger partial charge in [0.05, 0.1) is 6.61 Å². The summed E-state index contributed by atoms with van der Waals surface area (Å²) in [5, 5.41) is 3.08. The summed E-state index contributed by atoms with van der Waals surface area (Å²) in [7, 11) is 1.91. The molecule has 0 aliphatic rings. The second kappa shape index (κ2) is 4.00. The molecule has 0 aliphatic carbocycles. The summed E-state index contributed by atoms with van der Waals surface area (Å²) in [6.45, 7) is 4.76. The Morgan fingerprint density at radius 2 is 2.17 bits per heavy atom. The van der Waals surface area contributed by atoms with Gasteiger partial charge in [0.15, 0.2) is 0 Å². The van der Waals surface area contributed by atoms with Crippen molar-refractivity contribution >= 4 is 5.69 Å². The minimum Gasteiger partial charge on any atom is -0.494 e. The fourth-order valence-corrected chi connectivity index (χ4v) is 1.12. The number of rotatable bonds is 3. The predicted molar refractivity (Wildman–Crippen MR) is 51.9 cm³/mol. The summed E-state index contributed by atoms with van der Waals surface area (Å²) in [4.78, 5) is 0. The van der Waals surface area contributed by atoms with E-state index in [-0.39, 0.29) is 0 Å². The van der Waals surface area contributed by atoms with Crippen molar-refractivity contribution < 1.29 is 4.74 Å². The quantitative estimate of drug-likeness (QED) is 0.742. The Kier molecular flexibility index (Phi) is 2.97. The van der Waals surface area contributed by atoms with E-state index in [4.69, 9.17) is 4.74 Å². The molecule has 1 rings (SSSR count). The summed E-state index contributed by atoms with van der Waals surface area (Å²) in [5.74, 6) is 0.969. The molecule has 0 radical (unpaired) electrons. The lowest BCUT2D eigenvalue weighted by atomic mass is 10.2. The third kappa shape index (κ3) is 1.91. The summed E-state index contributed by atoms with van der Waals surface area (Å²) in [6.07, 6.45) is 0. The number of aryl methyl sites for hydroxylation is 1. The molecule has 0 unspecified atom stereocenters. The number of hydrogen-bond donors (Lipinski definition) is 1. The fourth-order valence-electron chi connectivity index (χ4n) is 1.12. The molecule has 12 heavy (non-hydrogen) atoms. The van der Waals surface area contributed by atoms with Crippen LogP contribution >= 0.6 is 0 Å². The second-order valence-electron chi connectivity index (χ2n) is 2.66. The summed E-state index contributed by atoms with van der Waals surface area (Å²) in [6, 6.07) is 6.08. The van der Waals surface area contributed by atoms with E-state index in [0.29, 0.717) is 0 Å². The van der Waals surface area contributed by atoms with Crippen molar-refractivity contribution in [1.82, 2.24) is 0 Å². The van der Waals surface area contributed by atoms with Gasteiger partial charge in [-0.15, -0.1) is 0 Å². The van der Waals surface area contributed by atoms with Gasteiger partial charge in [0.2, 0.25) is 0 Å². The maximum absolute atomic E-state index is 5.41. The Morgan fingerprint density at radius 1 is 1.42 bits per heavy atom. The van der Waals surface area contributed by atoms with Crippen LogP contribution in [0.15, 0.2) is 18.2 Å². The molecule has 0 atom stereocenters. The van der Waals surface area contributed by atoms with Crippen molar-refractivity contribution in [1.29, 1.82) is 0 Å². The molecule has 0 saturated heterocycles. The van der Waals surface area contributed by atoms with E-state index in [1.54, 1.807) is 0 Å². The molecule has 0 bridgehead atoms. The maximum atomic E-state index is 5.41. The van der Waals surface area contributed by atoms with Gasteiger partial charge in [-0.25, -0.2) is 0 Å². The monoisotopic (exact) mass is 165 g/mol. The van der Waals surface area contributed by atoms with Crippen LogP contribution in [0.4, 0.5) is 5.69 Å². The third-order valence-corrected chi connectivity index (χ3v) is 1.76. The molecule has 0 fully saturated rings. The standard InChI is InChI=1S/C10H15NO/c1-4-12-10-6-5-9(11-3)7-8(10)2/h5-7,11H,4H2,1-3H3. The van der Waals surface area contributed by atoms with Crippen LogP contribution in [0.5, 0.6) is 5.75 Å². The van der Waals surface area contributed by atoms with Crippen LogP contribution in [-0.2, 0) is 0 Å². The van der Waals surface area contributed by atoms with E-state index in [2.05, 4.69) is 11.4 Å². The molecular formula is C10H15NO. The summed E-state index contributed by atoms with van der Waals surface area (Å²) >= 11 is 0. The van der Waals surface area contributed by atoms with Crippen LogP contribution in [0.1, 0.15) is 12.5 Å². The van der Waals surface area contributed by atoms with E-state index in [1.165, 1.54) is 5.56 Å². The van der Waals surface area contributed by atoms with Crippen LogP contribution in [0.2, 0.25) is 0 Å². The Hall–Kier alpha value is -1.18. The van der Waals surface area contributed by atoms with Crippen molar-refractivity contribution in [3.63, 3.8) is 0 Å². The number of anilines is 1. The highest BCUT2D eigenvalue weighted by Gasteiger charge is 1.98. The van der Waals surface area contributed by atoms with E-state index in [0.717, 1.165) is 18.0 Å². The molecule has 66 valence electrons. The average Bonchev–Trinajstić information content (AvgIpc) is 2.09. The molecule has 0 amide bonds. The highest BCUT2D eigenvalue weighted by molar-refractivity contribution is 5.50. The molecule has 0 saturated carbocycles. The number of hydrogen-bond acceptors (Lipinski definition) is 2. The molecule has 2 nitrogen and oxygen atoms in total. The fraction of sp³-hybridized carbons (Fsp3) is 0.400. The van der Waals surface area contributed by atoms with Crippen LogP contribution in [0.25, 0.3) is 0 Å². The zero-order valence-corrected chi connectivity index (χ0v) is 7.85. The second-order valence-corrected chi connectivity index (χ2v) is 2.66. The van der Waals surface area contributed by atoms with Gasteiger partial charge in [-0.1, -0.05) is 0 Å². The van der Waals surface area contributed by atoms with Gasteiger partial charge in [0.1, 0.15) is 5.75 Å². The van der Waals surface area contributed by atoms with Crippen molar-refractivity contribution in [2.24, 2.45) is 0 Å².